The number of hydrogen-bond acceptors (Lipinski definition) is 1. The van der Waals surface area contributed by atoms with Gasteiger partial charge in [-0.1, -0.05) is 22.0 Å². The quantitative estimate of drug-likeness (QED) is 0.767. The fraction of sp³-hybridized carbons (Fsp3) is 0.571. The summed E-state index contributed by atoms with van der Waals surface area (Å²) in [5.74, 6) is -1.17. The highest BCUT2D eigenvalue weighted by atomic mass is 79.9. The fourth-order valence-electron chi connectivity index (χ4n) is 2.63. The Labute approximate surface area is 119 Å². The van der Waals surface area contributed by atoms with Gasteiger partial charge in [0.25, 0.3) is 0 Å². The van der Waals surface area contributed by atoms with Crippen LogP contribution < -0.4 is 0 Å². The highest BCUT2D eigenvalue weighted by molar-refractivity contribution is 9.10. The van der Waals surface area contributed by atoms with Crippen molar-refractivity contribution >= 4 is 15.9 Å². The molecule has 1 aromatic rings. The van der Waals surface area contributed by atoms with Crippen LogP contribution in [-0.4, -0.2) is 24.2 Å². The Morgan fingerprint density at radius 2 is 2.05 bits per heavy atom. The third kappa shape index (κ3) is 4.21. The smallest absolute Gasteiger partial charge is 0.298 e. The van der Waals surface area contributed by atoms with Gasteiger partial charge in [-0.05, 0) is 49.6 Å². The summed E-state index contributed by atoms with van der Waals surface area (Å²) in [5.41, 5.74) is 2.18. The van der Waals surface area contributed by atoms with E-state index in [1.54, 1.807) is 0 Å². The lowest BCUT2D eigenvalue weighted by Gasteiger charge is -2.33. The molecule has 19 heavy (non-hydrogen) atoms. The molecule has 0 aromatic heterocycles. The number of rotatable bonds is 2. The molecule has 1 aliphatic heterocycles. The van der Waals surface area contributed by atoms with Crippen LogP contribution in [0, 0.1) is 12.8 Å². The molecule has 0 amide bonds. The number of halogens is 4. The fourth-order valence-corrected chi connectivity index (χ4v) is 3.28. The van der Waals surface area contributed by atoms with E-state index in [9.17, 15) is 13.2 Å². The molecule has 1 unspecified atom stereocenters. The Hall–Kier alpha value is -0.550. The molecule has 1 heterocycles. The Morgan fingerprint density at radius 1 is 1.32 bits per heavy atom. The molecule has 1 nitrogen and oxygen atoms in total. The van der Waals surface area contributed by atoms with Gasteiger partial charge in [-0.15, -0.1) is 0 Å². The van der Waals surface area contributed by atoms with Crippen LogP contribution in [-0.2, 0) is 6.54 Å². The van der Waals surface area contributed by atoms with Gasteiger partial charge in [0.2, 0.25) is 0 Å². The van der Waals surface area contributed by atoms with Crippen LogP contribution >= 0.6 is 15.9 Å². The van der Waals surface area contributed by atoms with Crippen molar-refractivity contribution in [3.8, 4) is 0 Å². The Kier molecular flexibility index (Phi) is 4.56. The van der Waals surface area contributed by atoms with Gasteiger partial charge in [0.15, 0.2) is 0 Å². The predicted molar refractivity (Wildman–Crippen MR) is 72.9 cm³/mol. The lowest BCUT2D eigenvalue weighted by molar-refractivity contribution is -0.187. The van der Waals surface area contributed by atoms with Gasteiger partial charge >= 0.3 is 6.18 Å². The molecule has 0 aliphatic carbocycles. The highest BCUT2D eigenvalue weighted by Crippen LogP contribution is 2.33. The van der Waals surface area contributed by atoms with Crippen molar-refractivity contribution in [3.63, 3.8) is 0 Å². The van der Waals surface area contributed by atoms with E-state index in [-0.39, 0.29) is 13.0 Å². The summed E-state index contributed by atoms with van der Waals surface area (Å²) < 4.78 is 39.2. The standard InChI is InChI=1S/C14H17BrF3N/c1-10-5-11(7-13(15)6-10)8-19-4-2-3-12(9-19)14(16,17)18/h5-7,12H,2-4,8-9H2,1H3. The first-order valence-electron chi connectivity index (χ1n) is 6.40. The second-order valence-corrected chi connectivity index (χ2v) is 6.17. The SMILES string of the molecule is Cc1cc(Br)cc(CN2CCCC(C(F)(F)F)C2)c1. The maximum atomic E-state index is 12.7. The molecule has 1 aromatic carbocycles. The zero-order valence-electron chi connectivity index (χ0n) is 10.8. The van der Waals surface area contributed by atoms with E-state index in [1.807, 2.05) is 30.0 Å². The van der Waals surface area contributed by atoms with Gasteiger partial charge in [-0.2, -0.15) is 13.2 Å². The number of likely N-dealkylation sites (tertiary alicyclic amines) is 1. The minimum atomic E-state index is -4.06. The number of piperidine rings is 1. The van der Waals surface area contributed by atoms with Gasteiger partial charge in [0.1, 0.15) is 0 Å². The number of nitrogens with zero attached hydrogens (tertiary/aromatic N) is 1. The van der Waals surface area contributed by atoms with Gasteiger partial charge in [-0.3, -0.25) is 4.90 Å². The topological polar surface area (TPSA) is 3.24 Å². The molecule has 106 valence electrons. The van der Waals surface area contributed by atoms with E-state index in [0.717, 1.165) is 22.1 Å². The number of aryl methyl sites for hydroxylation is 1. The monoisotopic (exact) mass is 335 g/mol. The molecule has 1 fully saturated rings. The molecule has 2 rings (SSSR count). The molecule has 0 saturated carbocycles. The maximum absolute atomic E-state index is 12.7. The molecule has 1 saturated heterocycles. The summed E-state index contributed by atoms with van der Waals surface area (Å²) in [6.45, 7) is 3.45. The average Bonchev–Trinajstić information content (AvgIpc) is 2.26. The van der Waals surface area contributed by atoms with Crippen molar-refractivity contribution in [2.45, 2.75) is 32.5 Å². The van der Waals surface area contributed by atoms with E-state index in [2.05, 4.69) is 15.9 Å². The molecule has 1 atom stereocenters. The third-order valence-electron chi connectivity index (χ3n) is 3.48. The van der Waals surface area contributed by atoms with Gasteiger partial charge in [0, 0.05) is 17.6 Å². The Balaban J connectivity index is 2.02. The largest absolute Gasteiger partial charge is 0.393 e. The lowest BCUT2D eigenvalue weighted by atomic mass is 9.97. The van der Waals surface area contributed by atoms with Crippen molar-refractivity contribution in [2.75, 3.05) is 13.1 Å². The Morgan fingerprint density at radius 3 is 2.68 bits per heavy atom. The molecule has 0 bridgehead atoms. The highest BCUT2D eigenvalue weighted by Gasteiger charge is 2.41. The summed E-state index contributed by atoms with van der Waals surface area (Å²) in [6, 6.07) is 6.00. The van der Waals surface area contributed by atoms with Crippen LogP contribution in [0.25, 0.3) is 0 Å². The first-order chi connectivity index (χ1) is 8.84. The minimum absolute atomic E-state index is 0.120. The van der Waals surface area contributed by atoms with Crippen LogP contribution in [0.3, 0.4) is 0 Å². The predicted octanol–water partition coefficient (Wildman–Crippen LogP) is 4.53. The summed E-state index contributed by atoms with van der Waals surface area (Å²) in [4.78, 5) is 1.91. The van der Waals surface area contributed by atoms with Crippen molar-refractivity contribution in [3.05, 3.63) is 33.8 Å². The van der Waals surface area contributed by atoms with E-state index in [1.165, 1.54) is 0 Å². The molecule has 5 heteroatoms. The number of hydrogen-bond donors (Lipinski definition) is 0. The number of benzene rings is 1. The van der Waals surface area contributed by atoms with Crippen LogP contribution in [0.5, 0.6) is 0 Å². The minimum Gasteiger partial charge on any atom is -0.298 e. The van der Waals surface area contributed by atoms with E-state index in [4.69, 9.17) is 0 Å². The van der Waals surface area contributed by atoms with Crippen molar-refractivity contribution in [1.29, 1.82) is 0 Å². The summed E-state index contributed by atoms with van der Waals surface area (Å²) in [5, 5.41) is 0. The van der Waals surface area contributed by atoms with Crippen molar-refractivity contribution in [1.82, 2.24) is 4.90 Å². The summed E-state index contributed by atoms with van der Waals surface area (Å²) in [7, 11) is 0. The molecular formula is C14H17BrF3N. The summed E-state index contributed by atoms with van der Waals surface area (Å²) in [6.07, 6.45) is -3.18. The van der Waals surface area contributed by atoms with Crippen LogP contribution in [0.4, 0.5) is 13.2 Å². The molecular weight excluding hydrogens is 319 g/mol. The molecule has 1 aliphatic rings. The van der Waals surface area contributed by atoms with Crippen LogP contribution in [0.15, 0.2) is 22.7 Å². The zero-order chi connectivity index (χ0) is 14.0. The second kappa shape index (κ2) is 5.83. The molecule has 0 spiro atoms. The maximum Gasteiger partial charge on any atom is 0.393 e. The normalized spacial score (nSPS) is 21.6. The molecule has 0 N–H and O–H groups in total. The second-order valence-electron chi connectivity index (χ2n) is 5.25. The van der Waals surface area contributed by atoms with Gasteiger partial charge in [-0.25, -0.2) is 0 Å². The first-order valence-corrected chi connectivity index (χ1v) is 7.19. The molecule has 0 radical (unpaired) electrons. The van der Waals surface area contributed by atoms with E-state index in [0.29, 0.717) is 13.0 Å². The lowest BCUT2D eigenvalue weighted by Crippen LogP contribution is -2.41. The average molecular weight is 336 g/mol. The van der Waals surface area contributed by atoms with Crippen molar-refractivity contribution < 1.29 is 13.2 Å². The third-order valence-corrected chi connectivity index (χ3v) is 3.93. The van der Waals surface area contributed by atoms with Gasteiger partial charge in [0.05, 0.1) is 5.92 Å². The Bertz CT molecular complexity index is 425. The van der Waals surface area contributed by atoms with E-state index >= 15 is 0 Å². The van der Waals surface area contributed by atoms with Crippen LogP contribution in [0.2, 0.25) is 0 Å². The van der Waals surface area contributed by atoms with Crippen LogP contribution in [0.1, 0.15) is 24.0 Å². The van der Waals surface area contributed by atoms with Crippen molar-refractivity contribution in [2.24, 2.45) is 5.92 Å². The van der Waals surface area contributed by atoms with E-state index < -0.39 is 12.1 Å². The number of alkyl halides is 3. The summed E-state index contributed by atoms with van der Waals surface area (Å²) >= 11 is 3.42. The first kappa shape index (κ1) is 14.9. The van der Waals surface area contributed by atoms with Gasteiger partial charge < -0.3 is 0 Å². The zero-order valence-corrected chi connectivity index (χ0v) is 12.4.